The molecule has 68 heavy (non-hydrogen) atoms. The van der Waals surface area contributed by atoms with E-state index >= 15 is 0 Å². The van der Waals surface area contributed by atoms with Crippen molar-refractivity contribution < 1.29 is 0 Å². The standard InChI is InChI=1S/C11H14N2O2S3.C11H14N2O2S2.2C10H11BrN2O2.C2H6.CH4/c1-6-8(3)12-9(5-17-18-16-4)7(2)11(15)13(12)10(6)14;1-6-8(3)12-9(5-17-16-4)7(2)11(15)13(12)10(6)14;2*1-5-7(3)12-8(4-11)6(2)10(15)13(12)9(5)14;1-2;/h5H2,1-4H3;5H2,1-4H3;2*4H2,1-3H3;1-2H3;1H4. The Morgan fingerprint density at radius 2 is 0.559 bits per heavy atom. The Labute approximate surface area is 429 Å². The van der Waals surface area contributed by atoms with Crippen LogP contribution < -0.4 is 44.5 Å². The molecule has 372 valence electrons. The monoisotopic (exact) mass is 1160 g/mol. The third-order valence-corrected chi connectivity index (χ3v) is 18.5. The summed E-state index contributed by atoms with van der Waals surface area (Å²) >= 11 is 6.67. The van der Waals surface area contributed by atoms with Gasteiger partial charge in [-0.25, -0.2) is 0 Å². The number of aromatic nitrogens is 8. The highest BCUT2D eigenvalue weighted by Crippen LogP contribution is 2.35. The predicted molar refractivity (Wildman–Crippen MR) is 296 cm³/mol. The Morgan fingerprint density at radius 3 is 0.794 bits per heavy atom. The second kappa shape index (κ2) is 24.0. The van der Waals surface area contributed by atoms with E-state index in [9.17, 15) is 38.4 Å². The summed E-state index contributed by atoms with van der Waals surface area (Å²) in [5.41, 5.74) is 10.5. The fourth-order valence-corrected chi connectivity index (χ4v) is 12.8. The molecule has 0 amide bonds. The Kier molecular flexibility index (Phi) is 20.7. The van der Waals surface area contributed by atoms with E-state index in [1.165, 1.54) is 18.1 Å². The van der Waals surface area contributed by atoms with Gasteiger partial charge in [0.1, 0.15) is 0 Å². The number of alkyl halides is 2. The van der Waals surface area contributed by atoms with Gasteiger partial charge >= 0.3 is 0 Å². The van der Waals surface area contributed by atoms with Gasteiger partial charge in [0, 0.05) is 89.4 Å². The van der Waals surface area contributed by atoms with Gasteiger partial charge in [-0.3, -0.25) is 56.4 Å². The minimum atomic E-state index is -0.217. The molecule has 0 aromatic carbocycles. The van der Waals surface area contributed by atoms with Crippen molar-refractivity contribution in [1.82, 2.24) is 36.1 Å². The highest BCUT2D eigenvalue weighted by atomic mass is 79.9. The highest BCUT2D eigenvalue weighted by Gasteiger charge is 2.23. The third-order valence-electron chi connectivity index (χ3n) is 12.0. The van der Waals surface area contributed by atoms with Crippen molar-refractivity contribution >= 4 is 84.9 Å². The lowest BCUT2D eigenvalue weighted by Crippen LogP contribution is -2.23. The number of hydrogen-bond acceptors (Lipinski definition) is 13. The molecule has 0 unspecified atom stereocenters. The largest absolute Gasteiger partial charge is 0.277 e. The zero-order valence-electron chi connectivity index (χ0n) is 40.5. The van der Waals surface area contributed by atoms with Crippen LogP contribution in [0.15, 0.2) is 38.4 Å². The molecule has 0 spiro atoms. The van der Waals surface area contributed by atoms with Gasteiger partial charge in [0.25, 0.3) is 44.5 Å². The number of hydrogen-bond donors (Lipinski definition) is 0. The van der Waals surface area contributed by atoms with E-state index in [-0.39, 0.29) is 51.9 Å². The summed E-state index contributed by atoms with van der Waals surface area (Å²) in [6.45, 7) is 25.5. The minimum Gasteiger partial charge on any atom is -0.267 e. The maximum atomic E-state index is 12.1. The molecular weight excluding hydrogens is 1100 g/mol. The van der Waals surface area contributed by atoms with Gasteiger partial charge in [0.15, 0.2) is 0 Å². The molecular formula is C45H60Br2N8O8S5. The minimum absolute atomic E-state index is 0. The molecule has 8 aromatic heterocycles. The first-order valence-electron chi connectivity index (χ1n) is 20.9. The summed E-state index contributed by atoms with van der Waals surface area (Å²) in [5, 5.41) is 1.14. The molecule has 0 aliphatic heterocycles. The lowest BCUT2D eigenvalue weighted by Gasteiger charge is -2.02. The van der Waals surface area contributed by atoms with Crippen molar-refractivity contribution in [2.24, 2.45) is 0 Å². The summed E-state index contributed by atoms with van der Waals surface area (Å²) in [6.07, 6.45) is 4.01. The molecule has 0 N–H and O–H groups in total. The molecule has 0 radical (unpaired) electrons. The molecule has 0 saturated heterocycles. The van der Waals surface area contributed by atoms with Gasteiger partial charge in [0.05, 0.1) is 22.8 Å². The quantitative estimate of drug-likeness (QED) is 0.0787. The van der Waals surface area contributed by atoms with Crippen molar-refractivity contribution in [2.45, 2.75) is 127 Å². The van der Waals surface area contributed by atoms with Crippen molar-refractivity contribution in [2.75, 3.05) is 12.5 Å². The Balaban J connectivity index is 0.000000237. The predicted octanol–water partition coefficient (Wildman–Crippen LogP) is 7.61. The van der Waals surface area contributed by atoms with Crippen LogP contribution in [0.3, 0.4) is 0 Å². The number of fused-ring (bicyclic) bond motifs is 4. The van der Waals surface area contributed by atoms with Gasteiger partial charge < -0.3 is 0 Å². The summed E-state index contributed by atoms with van der Waals surface area (Å²) < 4.78 is 11.8. The molecule has 16 nitrogen and oxygen atoms in total. The van der Waals surface area contributed by atoms with E-state index < -0.39 is 0 Å². The van der Waals surface area contributed by atoms with E-state index in [4.69, 9.17) is 0 Å². The zero-order chi connectivity index (χ0) is 50.8. The molecule has 0 atom stereocenters. The van der Waals surface area contributed by atoms with Crippen molar-refractivity contribution in [1.29, 1.82) is 0 Å². The maximum Gasteiger partial charge on any atom is 0.277 e. The van der Waals surface area contributed by atoms with Gasteiger partial charge in [0.2, 0.25) is 0 Å². The van der Waals surface area contributed by atoms with Crippen LogP contribution >= 0.6 is 84.9 Å². The molecule has 23 heteroatoms. The van der Waals surface area contributed by atoms with Crippen LogP contribution in [0.1, 0.15) is 111 Å². The highest BCUT2D eigenvalue weighted by molar-refractivity contribution is 9.09. The average Bonchev–Trinajstić information content (AvgIpc) is 4.12. The SMILES string of the molecule is C.CC.CSSCc1c(C)c(=O)n2c(=O)c(C)c(C)n12.CSSSCc1c(C)c(=O)n2c(=O)c(C)c(C)n12.Cc1c(C)n2c(CBr)c(C)c(=O)n2c1=O.Cc1c(C)n2c(CBr)c(C)c(=O)n2c1=O. The average molecular weight is 1160 g/mol. The van der Waals surface area contributed by atoms with Crippen molar-refractivity contribution in [3.63, 3.8) is 0 Å². The second-order valence-electron chi connectivity index (χ2n) is 15.3. The number of nitrogens with zero attached hydrogens (tertiary/aromatic N) is 8. The van der Waals surface area contributed by atoms with Gasteiger partial charge in [-0.05, 0) is 105 Å². The smallest absolute Gasteiger partial charge is 0.267 e. The fraction of sp³-hybridized carbons (Fsp3) is 0.467. The first-order valence-corrected chi connectivity index (χ1v) is 29.9. The Hall–Kier alpha value is -3.61. The topological polar surface area (TPSA) is 172 Å². The van der Waals surface area contributed by atoms with Crippen LogP contribution in [0.25, 0.3) is 0 Å². The number of rotatable bonds is 9. The summed E-state index contributed by atoms with van der Waals surface area (Å²) in [6, 6.07) is 0. The van der Waals surface area contributed by atoms with Gasteiger partial charge in [-0.2, -0.15) is 18.1 Å². The van der Waals surface area contributed by atoms with Gasteiger partial charge in [-0.1, -0.05) is 96.3 Å². The van der Waals surface area contributed by atoms with E-state index in [0.717, 1.165) is 57.1 Å². The van der Waals surface area contributed by atoms with E-state index in [0.29, 0.717) is 55.2 Å². The van der Waals surface area contributed by atoms with Crippen LogP contribution in [-0.2, 0) is 22.2 Å². The van der Waals surface area contributed by atoms with Gasteiger partial charge in [-0.15, -0.1) is 0 Å². The Bertz CT molecular complexity index is 3470. The number of halogens is 2. The molecule has 0 aliphatic carbocycles. The van der Waals surface area contributed by atoms with Crippen LogP contribution in [0, 0.1) is 83.1 Å². The normalized spacial score (nSPS) is 11.1. The molecule has 0 bridgehead atoms. The zero-order valence-corrected chi connectivity index (χ0v) is 47.7. The van der Waals surface area contributed by atoms with Crippen molar-refractivity contribution in [3.05, 3.63) is 173 Å². The second-order valence-corrected chi connectivity index (χ2v) is 23.3. The maximum absolute atomic E-state index is 12.1. The van der Waals surface area contributed by atoms with Crippen LogP contribution in [0.2, 0.25) is 0 Å². The summed E-state index contributed by atoms with van der Waals surface area (Å²) in [4.78, 5) is 95.2. The third kappa shape index (κ3) is 9.99. The van der Waals surface area contributed by atoms with E-state index in [1.807, 2.05) is 54.1 Å². The lowest BCUT2D eigenvalue weighted by atomic mass is 10.2. The summed E-state index contributed by atoms with van der Waals surface area (Å²) in [5.74, 6) is 1.45. The Morgan fingerprint density at radius 1 is 0.338 bits per heavy atom. The summed E-state index contributed by atoms with van der Waals surface area (Å²) in [7, 11) is 8.35. The molecule has 8 heterocycles. The van der Waals surface area contributed by atoms with Crippen LogP contribution in [0.4, 0.5) is 0 Å². The lowest BCUT2D eigenvalue weighted by molar-refractivity contribution is 0.765. The molecule has 8 rings (SSSR count). The van der Waals surface area contributed by atoms with Crippen LogP contribution in [0.5, 0.6) is 0 Å². The molecule has 0 fully saturated rings. The van der Waals surface area contributed by atoms with Crippen molar-refractivity contribution in [3.8, 4) is 0 Å². The fourth-order valence-electron chi connectivity index (χ4n) is 7.54. The first kappa shape index (κ1) is 58.7. The molecule has 8 aromatic rings. The number of aryl methyl sites for hydroxylation is 4. The molecule has 0 saturated carbocycles. The molecule has 0 aliphatic rings. The van der Waals surface area contributed by atoms with Crippen LogP contribution in [-0.4, -0.2) is 48.6 Å². The van der Waals surface area contributed by atoms with E-state index in [2.05, 4.69) is 31.9 Å². The van der Waals surface area contributed by atoms with E-state index in [1.54, 1.807) is 126 Å². The first-order chi connectivity index (χ1) is 31.5.